The van der Waals surface area contributed by atoms with Crippen LogP contribution in [-0.2, 0) is 4.79 Å². The molecule has 0 saturated heterocycles. The molecule has 1 heterocycles. The van der Waals surface area contributed by atoms with Gasteiger partial charge >= 0.3 is 0 Å². The van der Waals surface area contributed by atoms with Crippen molar-refractivity contribution in [3.8, 4) is 0 Å². The van der Waals surface area contributed by atoms with Crippen LogP contribution >= 0.6 is 0 Å². The Hall–Kier alpha value is -3.02. The van der Waals surface area contributed by atoms with E-state index in [4.69, 9.17) is 0 Å². The van der Waals surface area contributed by atoms with E-state index >= 15 is 0 Å². The summed E-state index contributed by atoms with van der Waals surface area (Å²) in [4.78, 5) is 12.3. The maximum absolute atomic E-state index is 13.7. The Labute approximate surface area is 142 Å². The van der Waals surface area contributed by atoms with Crippen LogP contribution in [0.1, 0.15) is 18.0 Å². The first kappa shape index (κ1) is 16.8. The molecule has 1 aromatic heterocycles. The third-order valence-corrected chi connectivity index (χ3v) is 3.83. The number of nitrogens with one attached hydrogen (secondary N) is 1. The van der Waals surface area contributed by atoms with Gasteiger partial charge in [0.05, 0.1) is 18.2 Å². The zero-order valence-corrected chi connectivity index (χ0v) is 13.1. The van der Waals surface area contributed by atoms with Crippen molar-refractivity contribution in [1.29, 1.82) is 0 Å². The molecular formula is C19H15F3N2O. The molecule has 0 bridgehead atoms. The second-order valence-corrected chi connectivity index (χ2v) is 5.57. The minimum Gasteiger partial charge on any atom is -0.346 e. The normalized spacial score (nSPS) is 12.0. The van der Waals surface area contributed by atoms with Crippen molar-refractivity contribution >= 4 is 11.6 Å². The van der Waals surface area contributed by atoms with E-state index in [-0.39, 0.29) is 24.0 Å². The number of anilines is 1. The molecule has 0 fully saturated rings. The predicted octanol–water partition coefficient (Wildman–Crippen LogP) is 4.52. The van der Waals surface area contributed by atoms with Gasteiger partial charge in [0.15, 0.2) is 0 Å². The summed E-state index contributed by atoms with van der Waals surface area (Å²) in [5.41, 5.74) is 0.657. The first-order valence-corrected chi connectivity index (χ1v) is 7.66. The Balaban J connectivity index is 1.80. The largest absolute Gasteiger partial charge is 0.346 e. The Morgan fingerprint density at radius 3 is 2.24 bits per heavy atom. The lowest BCUT2D eigenvalue weighted by atomic mass is 10.0. The topological polar surface area (TPSA) is 34.0 Å². The highest BCUT2D eigenvalue weighted by Crippen LogP contribution is 2.24. The van der Waals surface area contributed by atoms with E-state index in [1.165, 1.54) is 18.2 Å². The van der Waals surface area contributed by atoms with Crippen LogP contribution in [0.5, 0.6) is 0 Å². The third-order valence-electron chi connectivity index (χ3n) is 3.83. The van der Waals surface area contributed by atoms with Crippen molar-refractivity contribution in [2.45, 2.75) is 12.5 Å². The first-order chi connectivity index (χ1) is 12.0. The second kappa shape index (κ2) is 7.25. The fraction of sp³-hybridized carbons (Fsp3) is 0.105. The number of rotatable bonds is 5. The average Bonchev–Trinajstić information content (AvgIpc) is 3.10. The monoisotopic (exact) mass is 344 g/mol. The molecule has 3 rings (SSSR count). The van der Waals surface area contributed by atoms with E-state index in [0.29, 0.717) is 6.07 Å². The van der Waals surface area contributed by atoms with Crippen molar-refractivity contribution in [1.82, 2.24) is 4.57 Å². The van der Waals surface area contributed by atoms with Gasteiger partial charge in [-0.1, -0.05) is 12.1 Å². The lowest BCUT2D eigenvalue weighted by Gasteiger charge is -2.19. The van der Waals surface area contributed by atoms with E-state index in [0.717, 1.165) is 11.6 Å². The van der Waals surface area contributed by atoms with Crippen molar-refractivity contribution < 1.29 is 18.0 Å². The summed E-state index contributed by atoms with van der Waals surface area (Å²) in [5, 5.41) is 2.44. The standard InChI is InChI=1S/C19H15F3N2O/c20-14-5-3-13(4-6-14)18(24-9-1-2-10-24)12-19(25)23-17-8-7-15(21)11-16(17)22/h1-11,18H,12H2,(H,23,25)/t18-/m1/s1. The second-order valence-electron chi connectivity index (χ2n) is 5.57. The van der Waals surface area contributed by atoms with Crippen LogP contribution in [0, 0.1) is 17.5 Å². The molecule has 0 aliphatic rings. The van der Waals surface area contributed by atoms with Gasteiger partial charge in [-0.05, 0) is 42.0 Å². The van der Waals surface area contributed by atoms with Gasteiger partial charge in [0, 0.05) is 18.5 Å². The summed E-state index contributed by atoms with van der Waals surface area (Å²) >= 11 is 0. The maximum Gasteiger partial charge on any atom is 0.226 e. The highest BCUT2D eigenvalue weighted by atomic mass is 19.1. The van der Waals surface area contributed by atoms with Gasteiger partial charge < -0.3 is 9.88 Å². The molecule has 2 aromatic carbocycles. The average molecular weight is 344 g/mol. The molecule has 6 heteroatoms. The minimum atomic E-state index is -0.840. The van der Waals surface area contributed by atoms with Crippen LogP contribution in [0.2, 0.25) is 0 Å². The highest BCUT2D eigenvalue weighted by molar-refractivity contribution is 5.91. The number of aromatic nitrogens is 1. The molecule has 1 amide bonds. The summed E-state index contributed by atoms with van der Waals surface area (Å²) in [6.45, 7) is 0. The molecule has 3 nitrogen and oxygen atoms in total. The number of halogens is 3. The molecule has 0 radical (unpaired) electrons. The number of hydrogen-bond donors (Lipinski definition) is 1. The number of hydrogen-bond acceptors (Lipinski definition) is 1. The summed E-state index contributed by atoms with van der Waals surface area (Å²) in [6.07, 6.45) is 3.59. The summed E-state index contributed by atoms with van der Waals surface area (Å²) in [5.74, 6) is -2.36. The van der Waals surface area contributed by atoms with Crippen LogP contribution < -0.4 is 5.32 Å². The summed E-state index contributed by atoms with van der Waals surface area (Å²) in [7, 11) is 0. The number of carbonyl (C=O) groups is 1. The fourth-order valence-corrected chi connectivity index (χ4v) is 2.60. The molecule has 1 atom stereocenters. The number of benzene rings is 2. The molecule has 3 aromatic rings. The third kappa shape index (κ3) is 4.09. The smallest absolute Gasteiger partial charge is 0.226 e. The van der Waals surface area contributed by atoms with Crippen LogP contribution in [-0.4, -0.2) is 10.5 Å². The quantitative estimate of drug-likeness (QED) is 0.725. The Bertz CT molecular complexity index is 861. The lowest BCUT2D eigenvalue weighted by molar-refractivity contribution is -0.116. The van der Waals surface area contributed by atoms with Gasteiger partial charge in [0.1, 0.15) is 17.5 Å². The molecule has 128 valence electrons. The molecule has 0 saturated carbocycles. The summed E-state index contributed by atoms with van der Waals surface area (Å²) < 4.78 is 41.6. The molecular weight excluding hydrogens is 329 g/mol. The van der Waals surface area contributed by atoms with Crippen molar-refractivity contribution in [2.75, 3.05) is 5.32 Å². The van der Waals surface area contributed by atoms with Crippen LogP contribution in [0.3, 0.4) is 0 Å². The Morgan fingerprint density at radius 1 is 0.960 bits per heavy atom. The SMILES string of the molecule is O=C(C[C@H](c1ccc(F)cc1)n1cccc1)Nc1ccc(F)cc1F. The molecule has 0 aliphatic heterocycles. The molecule has 0 aliphatic carbocycles. The van der Waals surface area contributed by atoms with E-state index in [2.05, 4.69) is 5.32 Å². The van der Waals surface area contributed by atoms with Gasteiger partial charge in [0.25, 0.3) is 0 Å². The van der Waals surface area contributed by atoms with Crippen LogP contribution in [0.15, 0.2) is 67.0 Å². The van der Waals surface area contributed by atoms with Crippen molar-refractivity contribution in [3.05, 3.63) is 90.0 Å². The zero-order chi connectivity index (χ0) is 17.8. The van der Waals surface area contributed by atoms with Crippen LogP contribution in [0.25, 0.3) is 0 Å². The van der Waals surface area contributed by atoms with Crippen molar-refractivity contribution in [3.63, 3.8) is 0 Å². The number of carbonyl (C=O) groups excluding carboxylic acids is 1. The van der Waals surface area contributed by atoms with Gasteiger partial charge in [-0.15, -0.1) is 0 Å². The maximum atomic E-state index is 13.7. The number of nitrogens with zero attached hydrogens (tertiary/aromatic N) is 1. The minimum absolute atomic E-state index is 0.0110. The molecule has 0 unspecified atom stereocenters. The van der Waals surface area contributed by atoms with Gasteiger partial charge in [-0.25, -0.2) is 13.2 Å². The predicted molar refractivity (Wildman–Crippen MR) is 88.6 cm³/mol. The Morgan fingerprint density at radius 2 is 1.60 bits per heavy atom. The Kier molecular flexibility index (Phi) is 4.88. The lowest BCUT2D eigenvalue weighted by Crippen LogP contribution is -2.20. The molecule has 25 heavy (non-hydrogen) atoms. The molecule has 0 spiro atoms. The summed E-state index contributed by atoms with van der Waals surface area (Å²) in [6, 6.07) is 12.1. The zero-order valence-electron chi connectivity index (χ0n) is 13.1. The van der Waals surface area contributed by atoms with Gasteiger partial charge in [-0.2, -0.15) is 0 Å². The van der Waals surface area contributed by atoms with Crippen molar-refractivity contribution in [2.24, 2.45) is 0 Å². The van der Waals surface area contributed by atoms with Crippen LogP contribution in [0.4, 0.5) is 18.9 Å². The van der Waals surface area contributed by atoms with E-state index in [1.54, 1.807) is 24.5 Å². The highest BCUT2D eigenvalue weighted by Gasteiger charge is 2.18. The molecule has 1 N–H and O–H groups in total. The first-order valence-electron chi connectivity index (χ1n) is 7.66. The number of amides is 1. The van der Waals surface area contributed by atoms with E-state index in [9.17, 15) is 18.0 Å². The fourth-order valence-electron chi connectivity index (χ4n) is 2.60. The van der Waals surface area contributed by atoms with Gasteiger partial charge in [0.2, 0.25) is 5.91 Å². The van der Waals surface area contributed by atoms with Gasteiger partial charge in [-0.3, -0.25) is 4.79 Å². The van der Waals surface area contributed by atoms with E-state index in [1.807, 2.05) is 16.7 Å². The van der Waals surface area contributed by atoms with E-state index < -0.39 is 17.5 Å².